The third-order valence-electron chi connectivity index (χ3n) is 3.45. The van der Waals surface area contributed by atoms with Gasteiger partial charge >= 0.3 is 0 Å². The first kappa shape index (κ1) is 22.4. The van der Waals surface area contributed by atoms with Gasteiger partial charge in [-0.05, 0) is 50.9 Å². The molecule has 1 heteroatoms. The van der Waals surface area contributed by atoms with Gasteiger partial charge in [0.05, 0.1) is 0 Å². The molecular formula is C23H36O. The quantitative estimate of drug-likeness (QED) is 0.352. The zero-order chi connectivity index (χ0) is 17.7. The van der Waals surface area contributed by atoms with Crippen LogP contribution < -0.4 is 0 Å². The van der Waals surface area contributed by atoms with E-state index in [1.807, 2.05) is 0 Å². The maximum Gasteiger partial charge on any atom is 0.0459 e. The average Bonchev–Trinajstić information content (AvgIpc) is 2.60. The van der Waals surface area contributed by atoms with Crippen LogP contribution in [0.4, 0.5) is 0 Å². The molecule has 0 bridgehead atoms. The van der Waals surface area contributed by atoms with Gasteiger partial charge in [-0.25, -0.2) is 0 Å². The van der Waals surface area contributed by atoms with Crippen molar-refractivity contribution < 1.29 is 5.11 Å². The summed E-state index contributed by atoms with van der Waals surface area (Å²) in [5.74, 6) is 0.370. The normalized spacial score (nSPS) is 14.6. The number of aliphatic hydroxyl groups excluding tert-OH is 1. The van der Waals surface area contributed by atoms with Crippen molar-refractivity contribution in [3.8, 4) is 0 Å². The fraction of sp³-hybridized carbons (Fsp3) is 0.478. The van der Waals surface area contributed by atoms with Gasteiger partial charge in [-0.1, -0.05) is 86.8 Å². The van der Waals surface area contributed by atoms with E-state index < -0.39 is 0 Å². The molecule has 1 nitrogen and oxygen atoms in total. The number of aliphatic hydroxyl groups is 1. The number of hydrogen-bond acceptors (Lipinski definition) is 1. The van der Waals surface area contributed by atoms with E-state index in [0.29, 0.717) is 5.92 Å². The molecule has 0 aromatic carbocycles. The van der Waals surface area contributed by atoms with Gasteiger partial charge in [0.1, 0.15) is 0 Å². The average molecular weight is 329 g/mol. The highest BCUT2D eigenvalue weighted by Crippen LogP contribution is 2.02. The molecular weight excluding hydrogens is 292 g/mol. The van der Waals surface area contributed by atoms with Crippen LogP contribution >= 0.6 is 0 Å². The number of hydrogen-bond donors (Lipinski definition) is 1. The minimum atomic E-state index is 0.270. The monoisotopic (exact) mass is 328 g/mol. The molecule has 24 heavy (non-hydrogen) atoms. The van der Waals surface area contributed by atoms with Crippen molar-refractivity contribution in [2.75, 3.05) is 6.61 Å². The standard InChI is InChI=1S/C23H36O/c1-3-4-5-6-7-8-9-10-11-12-13-14-15-16-17-18-19-20-21-23(2)22-24/h4-5,7-8,10-11,13-14,16-17,19-20,23-24H,3,6,9,12,15,18,21-22H2,1-2H3/b5-4-,8-7-,11-10-,14-13-,17-16-,20-19+. The molecule has 1 N–H and O–H groups in total. The van der Waals surface area contributed by atoms with Crippen molar-refractivity contribution in [1.29, 1.82) is 0 Å². The molecule has 0 aromatic heterocycles. The van der Waals surface area contributed by atoms with E-state index in [0.717, 1.165) is 44.9 Å². The van der Waals surface area contributed by atoms with Crippen molar-refractivity contribution in [2.24, 2.45) is 5.92 Å². The number of rotatable bonds is 14. The number of allylic oxidation sites excluding steroid dienone is 12. The van der Waals surface area contributed by atoms with Crippen LogP contribution in [0.15, 0.2) is 72.9 Å². The summed E-state index contributed by atoms with van der Waals surface area (Å²) >= 11 is 0. The van der Waals surface area contributed by atoms with Crippen molar-refractivity contribution in [3.05, 3.63) is 72.9 Å². The maximum atomic E-state index is 8.91. The molecule has 0 saturated heterocycles. The fourth-order valence-electron chi connectivity index (χ4n) is 1.92. The molecule has 0 aliphatic rings. The van der Waals surface area contributed by atoms with Gasteiger partial charge in [-0.2, -0.15) is 0 Å². The summed E-state index contributed by atoms with van der Waals surface area (Å²) in [6, 6.07) is 0. The van der Waals surface area contributed by atoms with Gasteiger partial charge in [0, 0.05) is 6.61 Å². The van der Waals surface area contributed by atoms with Crippen molar-refractivity contribution in [1.82, 2.24) is 0 Å². The second-order valence-electron chi connectivity index (χ2n) is 5.94. The Morgan fingerprint density at radius 3 is 1.25 bits per heavy atom. The Morgan fingerprint density at radius 1 is 0.583 bits per heavy atom. The van der Waals surface area contributed by atoms with Crippen LogP contribution in [0.2, 0.25) is 0 Å². The molecule has 0 spiro atoms. The predicted octanol–water partition coefficient (Wildman–Crippen LogP) is 6.70. The first-order valence-corrected chi connectivity index (χ1v) is 9.32. The first-order valence-electron chi connectivity index (χ1n) is 9.32. The SMILES string of the molecule is CC/C=C\C/C=C\C/C=C\C/C=C\C/C=C\C/C=C/CC(C)CO. The molecule has 0 aliphatic heterocycles. The van der Waals surface area contributed by atoms with Crippen LogP contribution in [0, 0.1) is 5.92 Å². The maximum absolute atomic E-state index is 8.91. The highest BCUT2D eigenvalue weighted by atomic mass is 16.3. The zero-order valence-corrected chi connectivity index (χ0v) is 15.6. The lowest BCUT2D eigenvalue weighted by Crippen LogP contribution is -1.97. The van der Waals surface area contributed by atoms with Crippen LogP contribution in [0.25, 0.3) is 0 Å². The highest BCUT2D eigenvalue weighted by molar-refractivity contribution is 5.01. The minimum absolute atomic E-state index is 0.270. The van der Waals surface area contributed by atoms with Crippen molar-refractivity contribution >= 4 is 0 Å². The Morgan fingerprint density at radius 2 is 0.917 bits per heavy atom. The van der Waals surface area contributed by atoms with E-state index in [1.165, 1.54) is 0 Å². The molecule has 0 heterocycles. The molecule has 0 amide bonds. The Labute approximate surface area is 149 Å². The minimum Gasteiger partial charge on any atom is -0.396 e. The molecule has 1 unspecified atom stereocenters. The lowest BCUT2D eigenvalue weighted by molar-refractivity contribution is 0.239. The topological polar surface area (TPSA) is 20.2 Å². The smallest absolute Gasteiger partial charge is 0.0459 e. The van der Waals surface area contributed by atoms with Gasteiger partial charge in [0.25, 0.3) is 0 Å². The first-order chi connectivity index (χ1) is 11.8. The third-order valence-corrected chi connectivity index (χ3v) is 3.45. The van der Waals surface area contributed by atoms with E-state index in [4.69, 9.17) is 5.11 Å². The molecule has 134 valence electrons. The summed E-state index contributed by atoms with van der Waals surface area (Å²) in [5, 5.41) is 8.91. The summed E-state index contributed by atoms with van der Waals surface area (Å²) in [5.41, 5.74) is 0. The van der Waals surface area contributed by atoms with Gasteiger partial charge in [0.15, 0.2) is 0 Å². The Hall–Kier alpha value is -1.60. The molecule has 0 saturated carbocycles. The second-order valence-corrected chi connectivity index (χ2v) is 5.94. The van der Waals surface area contributed by atoms with E-state index >= 15 is 0 Å². The molecule has 0 aromatic rings. The predicted molar refractivity (Wildman–Crippen MR) is 109 cm³/mol. The van der Waals surface area contributed by atoms with Crippen molar-refractivity contribution in [2.45, 2.75) is 58.8 Å². The van der Waals surface area contributed by atoms with E-state index in [9.17, 15) is 0 Å². The molecule has 0 aliphatic carbocycles. The molecule has 1 atom stereocenters. The lowest BCUT2D eigenvalue weighted by Gasteiger charge is -2.00. The highest BCUT2D eigenvalue weighted by Gasteiger charge is 1.93. The summed E-state index contributed by atoms with van der Waals surface area (Å²) in [6.45, 7) is 4.48. The van der Waals surface area contributed by atoms with Gasteiger partial charge < -0.3 is 5.11 Å². The van der Waals surface area contributed by atoms with Gasteiger partial charge in [-0.15, -0.1) is 0 Å². The van der Waals surface area contributed by atoms with Crippen LogP contribution in [0.1, 0.15) is 58.8 Å². The Balaban J connectivity index is 3.53. The Bertz CT molecular complexity index is 421. The molecule has 0 radical (unpaired) electrons. The fourth-order valence-corrected chi connectivity index (χ4v) is 1.92. The van der Waals surface area contributed by atoms with Gasteiger partial charge in [0.2, 0.25) is 0 Å². The summed E-state index contributed by atoms with van der Waals surface area (Å²) in [4.78, 5) is 0. The van der Waals surface area contributed by atoms with Crippen molar-refractivity contribution in [3.63, 3.8) is 0 Å². The van der Waals surface area contributed by atoms with Crippen LogP contribution in [-0.2, 0) is 0 Å². The van der Waals surface area contributed by atoms with Crippen LogP contribution in [0.5, 0.6) is 0 Å². The summed E-state index contributed by atoms with van der Waals surface area (Å²) in [7, 11) is 0. The van der Waals surface area contributed by atoms with E-state index in [-0.39, 0.29) is 6.61 Å². The molecule has 0 fully saturated rings. The van der Waals surface area contributed by atoms with E-state index in [2.05, 4.69) is 86.8 Å². The van der Waals surface area contributed by atoms with E-state index in [1.54, 1.807) is 0 Å². The Kier molecular flexibility index (Phi) is 18.2. The lowest BCUT2D eigenvalue weighted by atomic mass is 10.1. The second kappa shape index (κ2) is 19.4. The van der Waals surface area contributed by atoms with Crippen LogP contribution in [0.3, 0.4) is 0 Å². The largest absolute Gasteiger partial charge is 0.396 e. The summed E-state index contributed by atoms with van der Waals surface area (Å²) in [6.07, 6.45) is 33.6. The van der Waals surface area contributed by atoms with Gasteiger partial charge in [-0.3, -0.25) is 0 Å². The molecule has 0 rings (SSSR count). The zero-order valence-electron chi connectivity index (χ0n) is 15.6. The van der Waals surface area contributed by atoms with Crippen LogP contribution in [-0.4, -0.2) is 11.7 Å². The summed E-state index contributed by atoms with van der Waals surface area (Å²) < 4.78 is 0. The third kappa shape index (κ3) is 18.4.